The van der Waals surface area contributed by atoms with Gasteiger partial charge in [0.25, 0.3) is 0 Å². The van der Waals surface area contributed by atoms with E-state index in [1.165, 1.54) is 22.5 Å². The maximum atomic E-state index is 12.6. The maximum absolute atomic E-state index is 12.6. The fourth-order valence-corrected chi connectivity index (χ4v) is 4.22. The highest BCUT2D eigenvalue weighted by molar-refractivity contribution is 7.89. The Morgan fingerprint density at radius 2 is 2.00 bits per heavy atom. The first-order chi connectivity index (χ1) is 11.7. The van der Waals surface area contributed by atoms with Crippen molar-refractivity contribution in [3.05, 3.63) is 28.8 Å². The van der Waals surface area contributed by atoms with Gasteiger partial charge in [0, 0.05) is 19.5 Å². The van der Waals surface area contributed by atoms with Gasteiger partial charge in [-0.3, -0.25) is 0 Å². The Labute approximate surface area is 151 Å². The molecule has 0 amide bonds. The molecule has 0 aliphatic carbocycles. The zero-order chi connectivity index (χ0) is 18.8. The van der Waals surface area contributed by atoms with E-state index in [1.807, 2.05) is 0 Å². The van der Waals surface area contributed by atoms with E-state index in [-0.39, 0.29) is 28.0 Å². The van der Waals surface area contributed by atoms with Crippen molar-refractivity contribution < 1.29 is 27.5 Å². The first-order valence-corrected chi connectivity index (χ1v) is 9.73. The van der Waals surface area contributed by atoms with Gasteiger partial charge in [0.05, 0.1) is 15.5 Å². The molecule has 0 aromatic heterocycles. The Morgan fingerprint density at radius 1 is 1.36 bits per heavy atom. The van der Waals surface area contributed by atoms with E-state index in [1.54, 1.807) is 20.8 Å². The normalized spacial score (nSPS) is 20.6. The molecule has 25 heavy (non-hydrogen) atoms. The molecule has 0 unspecified atom stereocenters. The van der Waals surface area contributed by atoms with E-state index in [4.69, 9.17) is 21.1 Å². The lowest BCUT2D eigenvalue weighted by molar-refractivity contribution is -0.147. The summed E-state index contributed by atoms with van der Waals surface area (Å²) in [5.41, 5.74) is -0.109. The number of hydrogen-bond acceptors (Lipinski definition) is 6. The molecule has 0 saturated carbocycles. The lowest BCUT2D eigenvalue weighted by Crippen LogP contribution is -2.30. The van der Waals surface area contributed by atoms with Crippen LogP contribution < -0.4 is 0 Å². The Morgan fingerprint density at radius 3 is 2.52 bits per heavy atom. The minimum atomic E-state index is -3.75. The molecule has 0 bridgehead atoms. The third kappa shape index (κ3) is 4.13. The van der Waals surface area contributed by atoms with Crippen LogP contribution in [-0.2, 0) is 24.3 Å². The molecular weight excluding hydrogens is 370 g/mol. The van der Waals surface area contributed by atoms with Crippen LogP contribution in [0.4, 0.5) is 0 Å². The van der Waals surface area contributed by atoms with E-state index in [0.717, 1.165) is 0 Å². The molecule has 2 atom stereocenters. The highest BCUT2D eigenvalue weighted by atomic mass is 35.5. The largest absolute Gasteiger partial charge is 0.460 e. The second kappa shape index (κ2) is 7.72. The molecule has 0 spiro atoms. The summed E-state index contributed by atoms with van der Waals surface area (Å²) in [7, 11) is -3.75. The monoisotopic (exact) mass is 389 g/mol. The fraction of sp³-hybridized carbons (Fsp3) is 0.500. The molecule has 0 radical (unpaired) electrons. The molecule has 138 valence electrons. The number of halogens is 1. The Bertz CT molecular complexity index is 775. The minimum absolute atomic E-state index is 0.0444. The van der Waals surface area contributed by atoms with E-state index in [0.29, 0.717) is 13.1 Å². The smallest absolute Gasteiger partial charge is 0.347 e. The van der Waals surface area contributed by atoms with Gasteiger partial charge in [0.15, 0.2) is 0 Å². The van der Waals surface area contributed by atoms with Crippen LogP contribution in [0.1, 0.15) is 37.6 Å². The summed E-state index contributed by atoms with van der Waals surface area (Å²) < 4.78 is 36.5. The topological polar surface area (TPSA) is 90.0 Å². The van der Waals surface area contributed by atoms with E-state index in [2.05, 4.69) is 0 Å². The van der Waals surface area contributed by atoms with Crippen molar-refractivity contribution in [2.24, 2.45) is 0 Å². The van der Waals surface area contributed by atoms with E-state index >= 15 is 0 Å². The molecule has 2 rings (SSSR count). The van der Waals surface area contributed by atoms with Crippen molar-refractivity contribution >= 4 is 33.6 Å². The number of rotatable bonds is 6. The highest BCUT2D eigenvalue weighted by Gasteiger charge is 2.36. The molecule has 1 aromatic rings. The van der Waals surface area contributed by atoms with Gasteiger partial charge in [-0.15, -0.1) is 0 Å². The van der Waals surface area contributed by atoms with Gasteiger partial charge in [-0.05, 0) is 25.1 Å². The molecule has 7 nitrogen and oxygen atoms in total. The van der Waals surface area contributed by atoms with Crippen LogP contribution in [0.3, 0.4) is 0 Å². The van der Waals surface area contributed by atoms with Crippen molar-refractivity contribution in [1.29, 1.82) is 0 Å². The second-order valence-corrected chi connectivity index (χ2v) is 7.95. The predicted molar refractivity (Wildman–Crippen MR) is 90.9 cm³/mol. The summed E-state index contributed by atoms with van der Waals surface area (Å²) >= 11 is 6.01. The van der Waals surface area contributed by atoms with Gasteiger partial charge in [0.2, 0.25) is 16.1 Å². The van der Waals surface area contributed by atoms with Gasteiger partial charge in [-0.25, -0.2) is 18.0 Å². The number of cyclic esters (lactones) is 1. The number of nitrogens with zero attached hydrogens (tertiary/aromatic N) is 1. The maximum Gasteiger partial charge on any atom is 0.347 e. The molecule has 1 aliphatic heterocycles. The summed E-state index contributed by atoms with van der Waals surface area (Å²) in [6, 6.07) is 3.82. The molecule has 1 fully saturated rings. The molecule has 0 N–H and O–H groups in total. The molecule has 1 heterocycles. The summed E-state index contributed by atoms with van der Waals surface area (Å²) in [5.74, 6) is -1.48. The summed E-state index contributed by atoms with van der Waals surface area (Å²) in [4.78, 5) is 23.9. The van der Waals surface area contributed by atoms with Crippen LogP contribution in [0.2, 0.25) is 5.02 Å². The van der Waals surface area contributed by atoms with Crippen molar-refractivity contribution in [2.75, 3.05) is 13.1 Å². The summed E-state index contributed by atoms with van der Waals surface area (Å²) in [5, 5.41) is 0.0444. The number of carbonyl (C=O) groups is 2. The number of benzene rings is 1. The molecule has 1 aromatic carbocycles. The fourth-order valence-electron chi connectivity index (χ4n) is 2.54. The Balaban J connectivity index is 2.30. The number of esters is 2. The molecule has 9 heteroatoms. The van der Waals surface area contributed by atoms with Crippen molar-refractivity contribution in [1.82, 2.24) is 4.31 Å². The van der Waals surface area contributed by atoms with Gasteiger partial charge in [0.1, 0.15) is 6.10 Å². The number of sulfonamides is 1. The van der Waals surface area contributed by atoms with Crippen molar-refractivity contribution in [3.8, 4) is 0 Å². The van der Waals surface area contributed by atoms with Gasteiger partial charge >= 0.3 is 11.9 Å². The SMILES string of the molecule is CCN(CC)S(=O)(=O)c1ccc(Cl)c(C(=O)O[C@H]2C[C@@H](C)OC2=O)c1. The number of ether oxygens (including phenoxy) is 2. The Kier molecular flexibility index (Phi) is 6.08. The van der Waals surface area contributed by atoms with Gasteiger partial charge in [-0.2, -0.15) is 4.31 Å². The lowest BCUT2D eigenvalue weighted by Gasteiger charge is -2.19. The van der Waals surface area contributed by atoms with Crippen LogP contribution in [-0.4, -0.2) is 50.0 Å². The van der Waals surface area contributed by atoms with E-state index < -0.39 is 28.1 Å². The zero-order valence-electron chi connectivity index (χ0n) is 14.2. The van der Waals surface area contributed by atoms with Crippen LogP contribution in [0.15, 0.2) is 23.1 Å². The third-order valence-electron chi connectivity index (χ3n) is 3.88. The zero-order valence-corrected chi connectivity index (χ0v) is 15.8. The molecule has 1 aliphatic rings. The molecule has 1 saturated heterocycles. The van der Waals surface area contributed by atoms with Crippen LogP contribution in [0.5, 0.6) is 0 Å². The standard InChI is InChI=1S/C16H20ClNO6S/c1-4-18(5-2)25(21,22)11-6-7-13(17)12(9-11)15(19)24-14-8-10(3)23-16(14)20/h6-7,9-10,14H,4-5,8H2,1-3H3/t10-,14+/m1/s1. The van der Waals surface area contributed by atoms with E-state index in [9.17, 15) is 18.0 Å². The highest BCUT2D eigenvalue weighted by Crippen LogP contribution is 2.25. The van der Waals surface area contributed by atoms with Crippen molar-refractivity contribution in [2.45, 2.75) is 44.3 Å². The number of hydrogen-bond donors (Lipinski definition) is 0. The number of carbonyl (C=O) groups excluding carboxylic acids is 2. The predicted octanol–water partition coefficient (Wildman–Crippen LogP) is 2.23. The van der Waals surface area contributed by atoms with Crippen LogP contribution >= 0.6 is 11.6 Å². The average Bonchev–Trinajstić information content (AvgIpc) is 2.85. The quantitative estimate of drug-likeness (QED) is 0.693. The summed E-state index contributed by atoms with van der Waals surface area (Å²) in [6.45, 7) is 5.73. The lowest BCUT2D eigenvalue weighted by atomic mass is 10.2. The van der Waals surface area contributed by atoms with Gasteiger partial charge < -0.3 is 9.47 Å². The second-order valence-electron chi connectivity index (χ2n) is 5.61. The first kappa shape index (κ1) is 19.7. The van der Waals surface area contributed by atoms with Crippen molar-refractivity contribution in [3.63, 3.8) is 0 Å². The molecular formula is C16H20ClNO6S. The summed E-state index contributed by atoms with van der Waals surface area (Å²) in [6.07, 6.45) is -1.10. The van der Waals surface area contributed by atoms with Gasteiger partial charge in [-0.1, -0.05) is 25.4 Å². The third-order valence-corrected chi connectivity index (χ3v) is 6.25. The minimum Gasteiger partial charge on any atom is -0.460 e. The van der Waals surface area contributed by atoms with Crippen LogP contribution in [0.25, 0.3) is 0 Å². The van der Waals surface area contributed by atoms with Crippen LogP contribution in [0, 0.1) is 0 Å². The average molecular weight is 390 g/mol. The first-order valence-electron chi connectivity index (χ1n) is 7.91. The Hall–Kier alpha value is -1.64.